The van der Waals surface area contributed by atoms with Crippen LogP contribution in [0.3, 0.4) is 0 Å². The van der Waals surface area contributed by atoms with Crippen LogP contribution < -0.4 is 9.62 Å². The summed E-state index contributed by atoms with van der Waals surface area (Å²) < 4.78 is 21.9. The van der Waals surface area contributed by atoms with Gasteiger partial charge in [0.05, 0.1) is 0 Å². The van der Waals surface area contributed by atoms with Gasteiger partial charge in [0.1, 0.15) is 6.04 Å². The fraction of sp³-hybridized carbons (Fsp3) is 0.462. The number of nitrogens with zero attached hydrogens (tertiary/aromatic N) is 1. The summed E-state index contributed by atoms with van der Waals surface area (Å²) in [5, 5.41) is 0. The summed E-state index contributed by atoms with van der Waals surface area (Å²) in [7, 11) is 0. The number of fused-ring (bicyclic) bond motifs is 1. The molecule has 2 N–H and O–H groups in total. The summed E-state index contributed by atoms with van der Waals surface area (Å²) in [5.41, 5.74) is 3.60. The number of hydrogen-bond acceptors (Lipinski definition) is 2. The third kappa shape index (κ3) is 2.43. The largest absolute Gasteiger partial charge is 0.311 e. The molecular formula is C13H16N2O3S. The van der Waals surface area contributed by atoms with E-state index in [1.807, 2.05) is 6.07 Å². The molecule has 2 unspecified atom stereocenters. The van der Waals surface area contributed by atoms with Crippen molar-refractivity contribution < 1.29 is 13.6 Å². The van der Waals surface area contributed by atoms with Crippen molar-refractivity contribution in [1.82, 2.24) is 4.72 Å². The van der Waals surface area contributed by atoms with Crippen molar-refractivity contribution in [3.8, 4) is 0 Å². The highest BCUT2D eigenvalue weighted by atomic mass is 32.2. The second-order valence-corrected chi connectivity index (χ2v) is 5.74. The van der Waals surface area contributed by atoms with Crippen LogP contribution in [-0.4, -0.2) is 27.3 Å². The van der Waals surface area contributed by atoms with Gasteiger partial charge in [0.2, 0.25) is 17.2 Å². The Morgan fingerprint density at radius 2 is 2.11 bits per heavy atom. The third-order valence-electron chi connectivity index (χ3n) is 3.84. The lowest BCUT2D eigenvalue weighted by molar-refractivity contribution is -0.118. The Hall–Kier alpha value is -1.24. The molecule has 1 aliphatic carbocycles. The Morgan fingerprint density at radius 3 is 2.89 bits per heavy atom. The number of amides is 1. The molecular weight excluding hydrogens is 264 g/mol. The number of carbonyl (C=O) groups is 1. The average molecular weight is 280 g/mol. The first-order valence-corrected chi connectivity index (χ1v) is 7.56. The number of benzene rings is 1. The standard InChI is InChI=1S/C13H16N2O3S/c16-13-12(14-19(17)18)6-7-15(13)11-5-4-9-2-1-3-10(9)8-11/h4-5,8,12,14H,1-3,6-7H2,(H,17,18). The first-order valence-electron chi connectivity index (χ1n) is 6.45. The summed E-state index contributed by atoms with van der Waals surface area (Å²) >= 11 is -2.14. The number of nitrogens with one attached hydrogen (secondary N) is 1. The number of rotatable bonds is 3. The highest BCUT2D eigenvalue weighted by molar-refractivity contribution is 7.77. The summed E-state index contributed by atoms with van der Waals surface area (Å²) in [6.45, 7) is 0.590. The topological polar surface area (TPSA) is 69.6 Å². The van der Waals surface area contributed by atoms with E-state index in [0.29, 0.717) is 13.0 Å². The molecule has 5 nitrogen and oxygen atoms in total. The smallest absolute Gasteiger partial charge is 0.245 e. The van der Waals surface area contributed by atoms with Crippen molar-refractivity contribution in [2.24, 2.45) is 0 Å². The minimum absolute atomic E-state index is 0.125. The first-order chi connectivity index (χ1) is 9.15. The molecule has 1 saturated heterocycles. The van der Waals surface area contributed by atoms with E-state index < -0.39 is 17.3 Å². The zero-order valence-electron chi connectivity index (χ0n) is 10.5. The van der Waals surface area contributed by atoms with E-state index in [0.717, 1.165) is 18.5 Å². The van der Waals surface area contributed by atoms with Crippen LogP contribution >= 0.6 is 0 Å². The Bertz CT molecular complexity index is 547. The van der Waals surface area contributed by atoms with Gasteiger partial charge in [-0.25, -0.2) is 8.93 Å². The molecule has 1 aromatic carbocycles. The maximum atomic E-state index is 12.2. The fourth-order valence-corrected chi connectivity index (χ4v) is 3.36. The van der Waals surface area contributed by atoms with Gasteiger partial charge in [-0.15, -0.1) is 0 Å². The first kappa shape index (κ1) is 12.8. The summed E-state index contributed by atoms with van der Waals surface area (Å²) in [4.78, 5) is 13.9. The second kappa shape index (κ2) is 5.03. The molecule has 0 radical (unpaired) electrons. The maximum Gasteiger partial charge on any atom is 0.245 e. The Balaban J connectivity index is 1.80. The number of aryl methyl sites for hydroxylation is 2. The van der Waals surface area contributed by atoms with Crippen molar-refractivity contribution >= 4 is 22.9 Å². The Kier molecular flexibility index (Phi) is 3.38. The normalized spacial score (nSPS) is 23.7. The van der Waals surface area contributed by atoms with Gasteiger partial charge in [-0.3, -0.25) is 9.35 Å². The van der Waals surface area contributed by atoms with Gasteiger partial charge in [0, 0.05) is 12.2 Å². The van der Waals surface area contributed by atoms with Crippen molar-refractivity contribution in [3.63, 3.8) is 0 Å². The van der Waals surface area contributed by atoms with Crippen LogP contribution in [0.2, 0.25) is 0 Å². The highest BCUT2D eigenvalue weighted by Gasteiger charge is 2.33. The van der Waals surface area contributed by atoms with Crippen LogP contribution in [-0.2, 0) is 28.9 Å². The quantitative estimate of drug-likeness (QED) is 0.812. The van der Waals surface area contributed by atoms with Gasteiger partial charge in [-0.2, -0.15) is 0 Å². The lowest BCUT2D eigenvalue weighted by Gasteiger charge is -2.17. The van der Waals surface area contributed by atoms with Crippen molar-refractivity contribution in [2.75, 3.05) is 11.4 Å². The molecule has 3 rings (SSSR count). The van der Waals surface area contributed by atoms with E-state index in [-0.39, 0.29) is 5.91 Å². The van der Waals surface area contributed by atoms with E-state index >= 15 is 0 Å². The molecule has 102 valence electrons. The number of hydrogen-bond donors (Lipinski definition) is 2. The van der Waals surface area contributed by atoms with Crippen LogP contribution in [0.4, 0.5) is 5.69 Å². The minimum atomic E-state index is -2.14. The van der Waals surface area contributed by atoms with Crippen LogP contribution in [0, 0.1) is 0 Å². The van der Waals surface area contributed by atoms with E-state index in [4.69, 9.17) is 4.55 Å². The molecule has 6 heteroatoms. The fourth-order valence-electron chi connectivity index (χ4n) is 2.89. The average Bonchev–Trinajstić information content (AvgIpc) is 2.96. The molecule has 1 heterocycles. The zero-order chi connectivity index (χ0) is 13.4. The Morgan fingerprint density at radius 1 is 1.32 bits per heavy atom. The van der Waals surface area contributed by atoms with Crippen LogP contribution in [0.25, 0.3) is 0 Å². The molecule has 0 saturated carbocycles. The summed E-state index contributed by atoms with van der Waals surface area (Å²) in [5.74, 6) is -0.125. The summed E-state index contributed by atoms with van der Waals surface area (Å²) in [6.07, 6.45) is 3.94. The molecule has 1 aromatic rings. The van der Waals surface area contributed by atoms with Gasteiger partial charge < -0.3 is 4.90 Å². The van der Waals surface area contributed by atoms with E-state index in [1.54, 1.807) is 4.90 Å². The molecule has 1 fully saturated rings. The molecule has 1 amide bonds. The van der Waals surface area contributed by atoms with Crippen molar-refractivity contribution in [2.45, 2.75) is 31.7 Å². The van der Waals surface area contributed by atoms with Gasteiger partial charge in [-0.1, -0.05) is 6.07 Å². The van der Waals surface area contributed by atoms with Crippen LogP contribution in [0.15, 0.2) is 18.2 Å². The van der Waals surface area contributed by atoms with Crippen molar-refractivity contribution in [1.29, 1.82) is 0 Å². The number of carbonyl (C=O) groups excluding carboxylic acids is 1. The predicted octanol–water partition coefficient (Wildman–Crippen LogP) is 1.01. The maximum absolute atomic E-state index is 12.2. The van der Waals surface area contributed by atoms with Gasteiger partial charge in [-0.05, 0) is 48.9 Å². The highest BCUT2D eigenvalue weighted by Crippen LogP contribution is 2.29. The molecule has 0 spiro atoms. The Labute approximate surface area is 114 Å². The summed E-state index contributed by atoms with van der Waals surface area (Å²) in [6, 6.07) is 5.59. The van der Waals surface area contributed by atoms with E-state index in [1.165, 1.54) is 17.5 Å². The SMILES string of the molecule is O=C1C(NS(=O)O)CCN1c1ccc2c(c1)CCC2. The van der Waals surface area contributed by atoms with Gasteiger partial charge >= 0.3 is 0 Å². The van der Waals surface area contributed by atoms with Crippen molar-refractivity contribution in [3.05, 3.63) is 29.3 Å². The second-order valence-electron chi connectivity index (χ2n) is 5.00. The zero-order valence-corrected chi connectivity index (χ0v) is 11.3. The number of anilines is 1. The van der Waals surface area contributed by atoms with Gasteiger partial charge in [0.25, 0.3) is 0 Å². The lowest BCUT2D eigenvalue weighted by atomic mass is 10.1. The van der Waals surface area contributed by atoms with E-state index in [9.17, 15) is 9.00 Å². The van der Waals surface area contributed by atoms with Crippen LogP contribution in [0.1, 0.15) is 24.0 Å². The molecule has 2 aliphatic rings. The van der Waals surface area contributed by atoms with Gasteiger partial charge in [0.15, 0.2) is 0 Å². The molecule has 1 aliphatic heterocycles. The molecule has 2 atom stereocenters. The lowest BCUT2D eigenvalue weighted by Crippen LogP contribution is -2.39. The van der Waals surface area contributed by atoms with E-state index in [2.05, 4.69) is 16.9 Å². The van der Waals surface area contributed by atoms with Crippen LogP contribution in [0.5, 0.6) is 0 Å². The minimum Gasteiger partial charge on any atom is -0.311 e. The molecule has 19 heavy (non-hydrogen) atoms. The monoisotopic (exact) mass is 280 g/mol. The molecule has 0 bridgehead atoms. The molecule has 0 aromatic heterocycles. The third-order valence-corrected chi connectivity index (χ3v) is 4.33. The predicted molar refractivity (Wildman–Crippen MR) is 73.1 cm³/mol.